The first kappa shape index (κ1) is 79.8. The van der Waals surface area contributed by atoms with Crippen molar-refractivity contribution in [3.8, 4) is 0 Å². The van der Waals surface area contributed by atoms with Gasteiger partial charge in [-0.1, -0.05) is 267 Å². The highest BCUT2D eigenvalue weighted by atomic mass is 28.5. The van der Waals surface area contributed by atoms with Crippen LogP contribution in [0.25, 0.3) is 0 Å². The van der Waals surface area contributed by atoms with Crippen LogP contribution < -0.4 is 0 Å². The fourth-order valence-corrected chi connectivity index (χ4v) is 81.1. The Morgan fingerprint density at radius 3 is 0.200 bits per heavy atom. The molecule has 10 nitrogen and oxygen atoms in total. The van der Waals surface area contributed by atoms with Gasteiger partial charge < -0.3 is 41.2 Å². The predicted octanol–water partition coefficient (Wildman–Crippen LogP) is 22.8. The van der Waals surface area contributed by atoms with Gasteiger partial charge in [-0.3, -0.25) is 0 Å². The van der Waals surface area contributed by atoms with Gasteiger partial charge in [-0.05, 0) is 121 Å². The average Bonchev–Trinajstić information content (AvgIpc) is 3.35. The van der Waals surface area contributed by atoms with Crippen molar-refractivity contribution < 1.29 is 41.2 Å². The van der Waals surface area contributed by atoms with E-state index in [1.807, 2.05) is 0 Å². The summed E-state index contributed by atoms with van der Waals surface area (Å²) in [7, 11) is -30.9. The van der Waals surface area contributed by atoms with Gasteiger partial charge in [0, 0.05) is 0 Å². The standard InChI is InChI=1S/C60H140O10Si10/c1-21-41-71(42-22-2)61-72(43-23-3,44-24-4)63-74(47-27-7,48-28-8)65-76(51-31-11,52-32-12)67-78(55-35-15,56-36-16)69-80(59-39-19,60-40-20)70-79(57-37-17,58-38-18)68-77(53-33-13,54-34-14)66-75(49-29-9,50-30-10)64-73(62-71,45-25-5)46-26-6/h21-60H2,1-20H3. The van der Waals surface area contributed by atoms with E-state index in [2.05, 4.69) is 138 Å². The van der Waals surface area contributed by atoms with Crippen LogP contribution >= 0.6 is 0 Å². The van der Waals surface area contributed by atoms with Crippen LogP contribution in [0.1, 0.15) is 267 Å². The van der Waals surface area contributed by atoms with Crippen LogP contribution in [0.3, 0.4) is 0 Å². The third-order valence-corrected chi connectivity index (χ3v) is 71.3. The fraction of sp³-hybridized carbons (Fsp3) is 1.00. The van der Waals surface area contributed by atoms with Crippen molar-refractivity contribution >= 4 is 85.6 Å². The van der Waals surface area contributed by atoms with Crippen molar-refractivity contribution in [2.75, 3.05) is 0 Å². The summed E-state index contributed by atoms with van der Waals surface area (Å²) in [6.45, 7) is 47.5. The fourth-order valence-electron chi connectivity index (χ4n) is 14.5. The molecule has 1 saturated heterocycles. The molecule has 0 radical (unpaired) electrons. The van der Waals surface area contributed by atoms with Gasteiger partial charge in [0.15, 0.2) is 0 Å². The maximum Gasteiger partial charge on any atom is 0.320 e. The van der Waals surface area contributed by atoms with E-state index in [4.69, 9.17) is 41.2 Å². The van der Waals surface area contributed by atoms with Crippen LogP contribution in [0.4, 0.5) is 0 Å². The van der Waals surface area contributed by atoms with Crippen molar-refractivity contribution in [3.05, 3.63) is 0 Å². The molecule has 0 spiro atoms. The summed E-state index contributed by atoms with van der Waals surface area (Å²) < 4.78 is 85.9. The Kier molecular flexibility index (Phi) is 41.0. The minimum Gasteiger partial charge on any atom is -0.415 e. The molecule has 0 atom stereocenters. The maximum absolute atomic E-state index is 8.59. The summed E-state index contributed by atoms with van der Waals surface area (Å²) in [5.74, 6) is 0. The Morgan fingerprint density at radius 2 is 0.163 bits per heavy atom. The largest absolute Gasteiger partial charge is 0.415 e. The molecular weight excluding hydrogens is 1160 g/mol. The van der Waals surface area contributed by atoms with Crippen molar-refractivity contribution in [2.45, 2.75) is 388 Å². The minimum atomic E-state index is -3.09. The Balaban J connectivity index is 5.38. The molecule has 0 N–H and O–H groups in total. The van der Waals surface area contributed by atoms with Crippen LogP contribution in [0.15, 0.2) is 0 Å². The Bertz CT molecular complexity index is 1090. The van der Waals surface area contributed by atoms with E-state index in [0.29, 0.717) is 0 Å². The highest BCUT2D eigenvalue weighted by Crippen LogP contribution is 2.48. The zero-order chi connectivity index (χ0) is 60.4. The molecule has 0 aliphatic carbocycles. The molecule has 0 unspecified atom stereocenters. The first-order chi connectivity index (χ1) is 38.3. The molecule has 1 aliphatic heterocycles. The molecule has 20 heteroatoms. The number of hydrogen-bond donors (Lipinski definition) is 0. The van der Waals surface area contributed by atoms with Gasteiger partial charge in [0.1, 0.15) is 0 Å². The molecule has 80 heavy (non-hydrogen) atoms. The molecule has 480 valence electrons. The molecule has 0 amide bonds. The van der Waals surface area contributed by atoms with Crippen LogP contribution in [0.5, 0.6) is 0 Å². The summed E-state index contributed by atoms with van der Waals surface area (Å²) in [6.07, 6.45) is 20.3. The van der Waals surface area contributed by atoms with Crippen LogP contribution in [0, 0.1) is 0 Å². The molecule has 1 fully saturated rings. The van der Waals surface area contributed by atoms with E-state index in [1.165, 1.54) is 0 Å². The highest BCUT2D eigenvalue weighted by molar-refractivity contribution is 6.97. The summed E-state index contributed by atoms with van der Waals surface area (Å²) in [6, 6.07) is 19.0. The van der Waals surface area contributed by atoms with Gasteiger partial charge in [0.25, 0.3) is 0 Å². The van der Waals surface area contributed by atoms with Gasteiger partial charge in [0.2, 0.25) is 0 Å². The van der Waals surface area contributed by atoms with E-state index in [9.17, 15) is 0 Å². The summed E-state index contributed by atoms with van der Waals surface area (Å²) in [4.78, 5) is 0. The van der Waals surface area contributed by atoms with Crippen molar-refractivity contribution in [1.29, 1.82) is 0 Å². The average molecular weight is 1300 g/mol. The monoisotopic (exact) mass is 1300 g/mol. The molecule has 0 aromatic carbocycles. The lowest BCUT2D eigenvalue weighted by molar-refractivity contribution is 0.208. The normalized spacial score (nSPS) is 21.8. The Hall–Kier alpha value is 1.77. The molecule has 1 heterocycles. The van der Waals surface area contributed by atoms with E-state index < -0.39 is 85.6 Å². The van der Waals surface area contributed by atoms with Gasteiger partial charge in [0.05, 0.1) is 0 Å². The quantitative estimate of drug-likeness (QED) is 0.0552. The molecule has 0 aromatic heterocycles. The van der Waals surface area contributed by atoms with E-state index >= 15 is 0 Å². The highest BCUT2D eigenvalue weighted by Gasteiger charge is 2.63. The van der Waals surface area contributed by atoms with Crippen molar-refractivity contribution in [1.82, 2.24) is 0 Å². The lowest BCUT2D eigenvalue weighted by Gasteiger charge is -2.54. The smallest absolute Gasteiger partial charge is 0.320 e. The van der Waals surface area contributed by atoms with E-state index in [1.54, 1.807) is 0 Å². The second-order valence-electron chi connectivity index (χ2n) is 25.1. The van der Waals surface area contributed by atoms with Crippen LogP contribution in [0.2, 0.25) is 121 Å². The zero-order valence-corrected chi connectivity index (χ0v) is 67.4. The SMILES string of the molecule is CCC[Si]1(CCC)O[Si](CCC)(CCC)O[Si](CCC)(CCC)O[Si](CCC)(CCC)O[Si](CCC)(CCC)O[Si](CCC)(CCC)O[Si](CCC)(CCC)O[Si](CCC)(CCC)O[Si](CCC)(CCC)O[Si](CCC)(CCC)O1. The summed E-state index contributed by atoms with van der Waals surface area (Å²) in [5.41, 5.74) is 0. The topological polar surface area (TPSA) is 92.3 Å². The summed E-state index contributed by atoms with van der Waals surface area (Å²) in [5, 5.41) is 0. The van der Waals surface area contributed by atoms with Gasteiger partial charge >= 0.3 is 85.6 Å². The van der Waals surface area contributed by atoms with Gasteiger partial charge in [-0.2, -0.15) is 0 Å². The number of rotatable bonds is 40. The van der Waals surface area contributed by atoms with Gasteiger partial charge in [-0.15, -0.1) is 0 Å². The van der Waals surface area contributed by atoms with Crippen LogP contribution in [-0.2, 0) is 41.2 Å². The van der Waals surface area contributed by atoms with E-state index in [-0.39, 0.29) is 0 Å². The molecular formula is C60H140O10Si10. The lowest BCUT2D eigenvalue weighted by Crippen LogP contribution is -2.70. The first-order valence-corrected chi connectivity index (χ1v) is 57.6. The second-order valence-corrected chi connectivity index (χ2v) is 61.5. The Labute approximate surface area is 511 Å². The van der Waals surface area contributed by atoms with Gasteiger partial charge in [-0.25, -0.2) is 0 Å². The molecule has 1 rings (SSSR count). The maximum atomic E-state index is 8.59. The summed E-state index contributed by atoms with van der Waals surface area (Å²) >= 11 is 0. The van der Waals surface area contributed by atoms with Crippen molar-refractivity contribution in [2.24, 2.45) is 0 Å². The van der Waals surface area contributed by atoms with Crippen LogP contribution in [-0.4, -0.2) is 85.6 Å². The molecule has 0 aromatic rings. The molecule has 0 saturated carbocycles. The minimum absolute atomic E-state index is 0.951. The number of hydrogen-bond acceptors (Lipinski definition) is 10. The first-order valence-electron chi connectivity index (χ1n) is 35.3. The second kappa shape index (κ2) is 41.1. The van der Waals surface area contributed by atoms with Crippen molar-refractivity contribution in [3.63, 3.8) is 0 Å². The Morgan fingerprint density at radius 1 is 0.113 bits per heavy atom. The lowest BCUT2D eigenvalue weighted by atomic mass is 10.6. The molecule has 1 aliphatic rings. The third kappa shape index (κ3) is 24.6. The molecule has 0 bridgehead atoms. The van der Waals surface area contributed by atoms with E-state index in [0.717, 1.165) is 249 Å². The predicted molar refractivity (Wildman–Crippen MR) is 370 cm³/mol. The zero-order valence-electron chi connectivity index (χ0n) is 57.4. The third-order valence-electron chi connectivity index (χ3n) is 16.3.